The molecule has 0 aromatic heterocycles. The Labute approximate surface area is 131 Å². The highest BCUT2D eigenvalue weighted by Crippen LogP contribution is 2.25. The number of nitrogens with zero attached hydrogens (tertiary/aromatic N) is 1. The molecule has 0 heterocycles. The first-order chi connectivity index (χ1) is 10.2. The van der Waals surface area contributed by atoms with E-state index in [4.69, 9.17) is 23.3 Å². The lowest BCUT2D eigenvalue weighted by Gasteiger charge is -2.34. The summed E-state index contributed by atoms with van der Waals surface area (Å²) in [5.74, 6) is -0.667. The van der Waals surface area contributed by atoms with Crippen molar-refractivity contribution in [2.75, 3.05) is 0 Å². The van der Waals surface area contributed by atoms with E-state index in [0.717, 1.165) is 4.90 Å². The van der Waals surface area contributed by atoms with Crippen LogP contribution in [0.2, 0.25) is 0 Å². The number of ether oxygens (including phenoxy) is 1. The van der Waals surface area contributed by atoms with E-state index in [1.54, 1.807) is 20.8 Å². The number of nitrogens with one attached hydrogen (secondary N) is 1. The molecule has 3 atom stereocenters. The average Bonchev–Trinajstić information content (AvgIpc) is 2.40. The van der Waals surface area contributed by atoms with Gasteiger partial charge < -0.3 is 15.8 Å². The Morgan fingerprint density at radius 1 is 1.27 bits per heavy atom. The van der Waals surface area contributed by atoms with Gasteiger partial charge in [-0.1, -0.05) is 12.8 Å². The molecular formula is C16H23N3O3. The molecular weight excluding hydrogens is 282 g/mol. The van der Waals surface area contributed by atoms with E-state index in [1.807, 2.05) is 0 Å². The lowest BCUT2D eigenvalue weighted by atomic mass is 9.82. The molecule has 1 rings (SSSR count). The molecule has 120 valence electrons. The number of carbonyl (C=O) groups excluding carboxylic acids is 2. The van der Waals surface area contributed by atoms with Gasteiger partial charge >= 0.3 is 6.09 Å². The van der Waals surface area contributed by atoms with Crippen molar-refractivity contribution in [3.8, 4) is 24.9 Å². The maximum Gasteiger partial charge on any atom is 0.407 e. The standard InChI is InChI=1S/C16H23N3O3/c1-6-19(7-2)14(20)11-8-9-12(17)13(10-11)18-15(21)22-16(3,4)5/h1-2,11-13H,8-10,17H2,3-5H3,(H,18,21)/t11-,12-,13+/m0/s1. The van der Waals surface area contributed by atoms with Crippen LogP contribution in [0.25, 0.3) is 0 Å². The SMILES string of the molecule is C#CN(C#C)C(=O)[C@H]1CC[C@H](N)[C@H](NC(=O)OC(C)(C)C)C1. The largest absolute Gasteiger partial charge is 0.444 e. The molecule has 0 bridgehead atoms. The Balaban J connectivity index is 2.69. The van der Waals surface area contributed by atoms with E-state index in [-0.39, 0.29) is 23.9 Å². The van der Waals surface area contributed by atoms with Gasteiger partial charge in [0, 0.05) is 30.1 Å². The highest BCUT2D eigenvalue weighted by molar-refractivity contribution is 5.82. The summed E-state index contributed by atoms with van der Waals surface area (Å²) in [7, 11) is 0. The normalized spacial score (nSPS) is 24.5. The van der Waals surface area contributed by atoms with Crippen LogP contribution in [0.5, 0.6) is 0 Å². The first kappa shape index (κ1) is 17.9. The Hall–Kier alpha value is -2.18. The van der Waals surface area contributed by atoms with Crippen molar-refractivity contribution in [2.45, 2.75) is 57.7 Å². The van der Waals surface area contributed by atoms with E-state index < -0.39 is 11.7 Å². The van der Waals surface area contributed by atoms with Crippen molar-refractivity contribution in [3.05, 3.63) is 0 Å². The van der Waals surface area contributed by atoms with Crippen molar-refractivity contribution >= 4 is 12.0 Å². The van der Waals surface area contributed by atoms with Crippen LogP contribution in [0.3, 0.4) is 0 Å². The third kappa shape index (κ3) is 4.98. The van der Waals surface area contributed by atoms with Crippen LogP contribution in [0.15, 0.2) is 0 Å². The monoisotopic (exact) mass is 305 g/mol. The number of amides is 2. The van der Waals surface area contributed by atoms with E-state index >= 15 is 0 Å². The van der Waals surface area contributed by atoms with Crippen LogP contribution in [0, 0.1) is 30.9 Å². The minimum absolute atomic E-state index is 0.235. The predicted molar refractivity (Wildman–Crippen MR) is 83.0 cm³/mol. The van der Waals surface area contributed by atoms with Crippen LogP contribution >= 0.6 is 0 Å². The minimum atomic E-state index is -0.595. The Bertz CT molecular complexity index is 496. The number of hydrogen-bond acceptors (Lipinski definition) is 4. The number of alkyl carbamates (subject to hydrolysis) is 1. The topological polar surface area (TPSA) is 84.7 Å². The van der Waals surface area contributed by atoms with E-state index in [2.05, 4.69) is 17.4 Å². The molecule has 0 aromatic carbocycles. The van der Waals surface area contributed by atoms with Gasteiger partial charge in [-0.05, 0) is 40.0 Å². The second-order valence-corrected chi connectivity index (χ2v) is 6.36. The van der Waals surface area contributed by atoms with Gasteiger partial charge in [-0.2, -0.15) is 4.90 Å². The fourth-order valence-electron chi connectivity index (χ4n) is 2.39. The second-order valence-electron chi connectivity index (χ2n) is 6.36. The van der Waals surface area contributed by atoms with E-state index in [9.17, 15) is 9.59 Å². The molecule has 0 unspecified atom stereocenters. The summed E-state index contributed by atoms with van der Waals surface area (Å²) >= 11 is 0. The van der Waals surface area contributed by atoms with E-state index in [0.29, 0.717) is 19.3 Å². The summed E-state index contributed by atoms with van der Waals surface area (Å²) in [6.07, 6.45) is 11.4. The van der Waals surface area contributed by atoms with Crippen LogP contribution in [-0.2, 0) is 9.53 Å². The van der Waals surface area contributed by atoms with Crippen LogP contribution in [0.4, 0.5) is 4.79 Å². The smallest absolute Gasteiger partial charge is 0.407 e. The molecule has 1 fully saturated rings. The highest BCUT2D eigenvalue weighted by Gasteiger charge is 2.35. The fourth-order valence-corrected chi connectivity index (χ4v) is 2.39. The lowest BCUT2D eigenvalue weighted by molar-refractivity contribution is -0.131. The van der Waals surface area contributed by atoms with Gasteiger partial charge in [0.15, 0.2) is 0 Å². The Morgan fingerprint density at radius 2 is 1.86 bits per heavy atom. The maximum absolute atomic E-state index is 12.2. The zero-order chi connectivity index (χ0) is 16.9. The molecule has 0 spiro atoms. The van der Waals surface area contributed by atoms with Crippen molar-refractivity contribution < 1.29 is 14.3 Å². The summed E-state index contributed by atoms with van der Waals surface area (Å²) < 4.78 is 5.21. The van der Waals surface area contributed by atoms with E-state index in [1.165, 1.54) is 0 Å². The number of carbonyl (C=O) groups is 2. The number of terminal acetylenes is 2. The zero-order valence-electron chi connectivity index (χ0n) is 13.3. The molecule has 22 heavy (non-hydrogen) atoms. The molecule has 2 amide bonds. The van der Waals surface area contributed by atoms with Gasteiger partial charge in [0.1, 0.15) is 5.60 Å². The highest BCUT2D eigenvalue weighted by atomic mass is 16.6. The molecule has 0 radical (unpaired) electrons. The van der Waals surface area contributed by atoms with Crippen molar-refractivity contribution in [3.63, 3.8) is 0 Å². The molecule has 0 aliphatic heterocycles. The van der Waals surface area contributed by atoms with Crippen LogP contribution in [-0.4, -0.2) is 34.6 Å². The maximum atomic E-state index is 12.2. The average molecular weight is 305 g/mol. The third-order valence-corrected chi connectivity index (χ3v) is 3.43. The summed E-state index contributed by atoms with van der Waals surface area (Å²) in [5.41, 5.74) is 5.42. The number of hydrogen-bond donors (Lipinski definition) is 2. The Morgan fingerprint density at radius 3 is 2.36 bits per heavy atom. The zero-order valence-corrected chi connectivity index (χ0v) is 13.3. The van der Waals surface area contributed by atoms with Crippen LogP contribution in [0.1, 0.15) is 40.0 Å². The van der Waals surface area contributed by atoms with Crippen molar-refractivity contribution in [1.82, 2.24) is 10.2 Å². The lowest BCUT2D eigenvalue weighted by Crippen LogP contribution is -2.53. The molecule has 6 heteroatoms. The molecule has 1 saturated carbocycles. The summed E-state index contributed by atoms with van der Waals surface area (Å²) in [6, 6.07) is 3.72. The quantitative estimate of drug-likeness (QED) is 0.589. The third-order valence-electron chi connectivity index (χ3n) is 3.43. The first-order valence-corrected chi connectivity index (χ1v) is 7.19. The number of nitrogens with two attached hydrogens (primary N) is 1. The molecule has 6 nitrogen and oxygen atoms in total. The van der Waals surface area contributed by atoms with Gasteiger partial charge in [-0.15, -0.1) is 0 Å². The molecule has 1 aliphatic carbocycles. The minimum Gasteiger partial charge on any atom is -0.444 e. The Kier molecular flexibility index (Phi) is 5.84. The van der Waals surface area contributed by atoms with Crippen LogP contribution < -0.4 is 11.1 Å². The van der Waals surface area contributed by atoms with Gasteiger partial charge in [-0.25, -0.2) is 4.79 Å². The summed E-state index contributed by atoms with van der Waals surface area (Å²) in [4.78, 5) is 24.9. The molecule has 3 N–H and O–H groups in total. The van der Waals surface area contributed by atoms with Crippen molar-refractivity contribution in [2.24, 2.45) is 11.7 Å². The predicted octanol–water partition coefficient (Wildman–Crippen LogP) is 1.02. The van der Waals surface area contributed by atoms with Crippen molar-refractivity contribution in [1.29, 1.82) is 0 Å². The molecule has 0 aromatic rings. The summed E-state index contributed by atoms with van der Waals surface area (Å²) in [5, 5.41) is 2.72. The first-order valence-electron chi connectivity index (χ1n) is 7.19. The van der Waals surface area contributed by atoms with Gasteiger partial charge in [-0.3, -0.25) is 4.79 Å². The molecule has 1 aliphatic rings. The molecule has 0 saturated heterocycles. The van der Waals surface area contributed by atoms with Gasteiger partial charge in [0.05, 0.1) is 0 Å². The summed E-state index contributed by atoms with van der Waals surface area (Å²) in [6.45, 7) is 5.33. The van der Waals surface area contributed by atoms with Gasteiger partial charge in [0.25, 0.3) is 0 Å². The number of rotatable bonds is 2. The van der Waals surface area contributed by atoms with Gasteiger partial charge in [0.2, 0.25) is 5.91 Å². The fraction of sp³-hybridized carbons (Fsp3) is 0.625. The second kappa shape index (κ2) is 7.20.